The van der Waals surface area contributed by atoms with Gasteiger partial charge in [-0.3, -0.25) is 0 Å². The summed E-state index contributed by atoms with van der Waals surface area (Å²) in [5.41, 5.74) is 1.49. The maximum absolute atomic E-state index is 11.5. The van der Waals surface area contributed by atoms with Crippen LogP contribution in [0.3, 0.4) is 0 Å². The minimum absolute atomic E-state index is 0.363. The number of ether oxygens (including phenoxy) is 1. The van der Waals surface area contributed by atoms with E-state index in [1.165, 1.54) is 0 Å². The Morgan fingerprint density at radius 2 is 2.25 bits per heavy atom. The third kappa shape index (κ3) is 1.97. The fourth-order valence-corrected chi connectivity index (χ4v) is 2.28. The smallest absolute Gasteiger partial charge is 0.356 e. The van der Waals surface area contributed by atoms with E-state index in [1.807, 2.05) is 19.1 Å². The van der Waals surface area contributed by atoms with Crippen LogP contribution < -0.4 is 10.6 Å². The molecule has 0 saturated carbocycles. The highest BCUT2D eigenvalue weighted by Crippen LogP contribution is 2.12. The molecule has 0 unspecified atom stereocenters. The zero-order valence-electron chi connectivity index (χ0n) is 9.08. The molecular weight excluding hydrogens is 270 g/mol. The summed E-state index contributed by atoms with van der Waals surface area (Å²) in [4.78, 5) is 4.25. The Morgan fingerprint density at radius 1 is 1.50 bits per heavy atom. The molecule has 0 bridgehead atoms. The molecule has 0 N–H and O–H groups in total. The first-order chi connectivity index (χ1) is 7.61. The van der Waals surface area contributed by atoms with E-state index >= 15 is 0 Å². The Balaban J connectivity index is 2.60. The third-order valence-corrected chi connectivity index (χ3v) is 2.85. The molecule has 1 aliphatic heterocycles. The molecule has 0 amide bonds. The van der Waals surface area contributed by atoms with Gasteiger partial charge < -0.3 is 4.74 Å². The maximum atomic E-state index is 11.5. The zero-order valence-corrected chi connectivity index (χ0v) is 10.7. The van der Waals surface area contributed by atoms with E-state index in [2.05, 4.69) is 20.9 Å². The van der Waals surface area contributed by atoms with Crippen molar-refractivity contribution in [2.45, 2.75) is 13.8 Å². The van der Waals surface area contributed by atoms with Crippen LogP contribution >= 0.6 is 15.9 Å². The van der Waals surface area contributed by atoms with E-state index in [0.29, 0.717) is 12.3 Å². The lowest BCUT2D eigenvalue weighted by atomic mass is 10.2. The van der Waals surface area contributed by atoms with Crippen molar-refractivity contribution in [3.8, 4) is 0 Å². The first-order valence-corrected chi connectivity index (χ1v) is 5.82. The SMILES string of the molecule is CCOC([O])=C1C=c2cc(C)cc(Br)c2=N1. The van der Waals surface area contributed by atoms with Crippen LogP contribution in [0.1, 0.15) is 12.5 Å². The van der Waals surface area contributed by atoms with Crippen molar-refractivity contribution in [3.63, 3.8) is 0 Å². The standard InChI is InChI=1S/C12H11BrNO2/c1-3-16-12(15)10-6-8-4-7(2)5-9(13)11(8)14-10/h4-6H,3H2,1-2H3. The van der Waals surface area contributed by atoms with Crippen LogP contribution in [-0.4, -0.2) is 6.61 Å². The second-order valence-corrected chi connectivity index (χ2v) is 4.40. The van der Waals surface area contributed by atoms with Gasteiger partial charge in [-0.2, -0.15) is 0 Å². The summed E-state index contributed by atoms with van der Waals surface area (Å²) >= 11 is 3.43. The lowest BCUT2D eigenvalue weighted by molar-refractivity contribution is 0.0571. The van der Waals surface area contributed by atoms with Crippen molar-refractivity contribution < 1.29 is 9.84 Å². The highest BCUT2D eigenvalue weighted by atomic mass is 79.9. The number of hydrogen-bond acceptors (Lipinski definition) is 2. The van der Waals surface area contributed by atoms with E-state index < -0.39 is 0 Å². The molecule has 83 valence electrons. The summed E-state index contributed by atoms with van der Waals surface area (Å²) in [6.07, 6.45) is 1.76. The molecule has 1 aliphatic rings. The van der Waals surface area contributed by atoms with E-state index in [-0.39, 0.29) is 5.95 Å². The quantitative estimate of drug-likeness (QED) is 0.762. The van der Waals surface area contributed by atoms with Gasteiger partial charge in [0.2, 0.25) is 0 Å². The van der Waals surface area contributed by atoms with Crippen molar-refractivity contribution in [2.24, 2.45) is 4.99 Å². The number of aryl methyl sites for hydroxylation is 1. The summed E-state index contributed by atoms with van der Waals surface area (Å²) in [7, 11) is 0. The predicted octanol–water partition coefficient (Wildman–Crippen LogP) is 1.81. The van der Waals surface area contributed by atoms with Gasteiger partial charge in [-0.05, 0) is 53.5 Å². The molecular formula is C12H11BrNO2. The molecule has 1 heterocycles. The van der Waals surface area contributed by atoms with E-state index in [0.717, 1.165) is 20.6 Å². The van der Waals surface area contributed by atoms with Crippen molar-refractivity contribution >= 4 is 22.0 Å². The highest BCUT2D eigenvalue weighted by molar-refractivity contribution is 9.10. The number of rotatable bonds is 2. The van der Waals surface area contributed by atoms with Crippen LogP contribution in [0, 0.1) is 6.92 Å². The Hall–Kier alpha value is -1.29. The average Bonchev–Trinajstić information content (AvgIpc) is 2.62. The molecule has 0 spiro atoms. The lowest BCUT2D eigenvalue weighted by Gasteiger charge is -1.97. The average molecular weight is 281 g/mol. The van der Waals surface area contributed by atoms with Gasteiger partial charge in [0.25, 0.3) is 0 Å². The van der Waals surface area contributed by atoms with Crippen LogP contribution in [-0.2, 0) is 9.84 Å². The zero-order chi connectivity index (χ0) is 11.7. The highest BCUT2D eigenvalue weighted by Gasteiger charge is 2.11. The predicted molar refractivity (Wildman–Crippen MR) is 63.5 cm³/mol. The minimum Gasteiger partial charge on any atom is -0.461 e. The number of fused-ring (bicyclic) bond motifs is 1. The van der Waals surface area contributed by atoms with E-state index in [4.69, 9.17) is 4.74 Å². The topological polar surface area (TPSA) is 41.5 Å². The second kappa shape index (κ2) is 4.29. The molecule has 0 atom stereocenters. The Kier molecular flexibility index (Phi) is 3.01. The molecule has 1 radical (unpaired) electrons. The van der Waals surface area contributed by atoms with Gasteiger partial charge in [-0.1, -0.05) is 0 Å². The monoisotopic (exact) mass is 280 g/mol. The molecule has 1 aromatic carbocycles. The Labute approximate surface area is 102 Å². The lowest BCUT2D eigenvalue weighted by Crippen LogP contribution is -2.22. The normalized spacial score (nSPS) is 16.2. The van der Waals surface area contributed by atoms with Crippen LogP contribution in [0.5, 0.6) is 0 Å². The van der Waals surface area contributed by atoms with Crippen LogP contribution in [0.4, 0.5) is 0 Å². The van der Waals surface area contributed by atoms with Gasteiger partial charge in [0, 0.05) is 9.69 Å². The number of halogens is 1. The summed E-state index contributed by atoms with van der Waals surface area (Å²) in [6, 6.07) is 3.97. The number of benzene rings is 1. The van der Waals surface area contributed by atoms with Crippen molar-refractivity contribution in [1.29, 1.82) is 0 Å². The van der Waals surface area contributed by atoms with Crippen LogP contribution in [0.25, 0.3) is 6.08 Å². The summed E-state index contributed by atoms with van der Waals surface area (Å²) in [5, 5.41) is 13.3. The molecule has 0 fully saturated rings. The first kappa shape index (κ1) is 11.2. The van der Waals surface area contributed by atoms with Gasteiger partial charge in [-0.15, -0.1) is 0 Å². The Morgan fingerprint density at radius 3 is 2.94 bits per heavy atom. The summed E-state index contributed by atoms with van der Waals surface area (Å²) in [6.45, 7) is 4.14. The van der Waals surface area contributed by atoms with Gasteiger partial charge >= 0.3 is 5.95 Å². The molecule has 1 aromatic rings. The number of hydrogen-bond donors (Lipinski definition) is 0. The Bertz CT molecular complexity index is 575. The van der Waals surface area contributed by atoms with E-state index in [9.17, 15) is 5.11 Å². The summed E-state index contributed by atoms with van der Waals surface area (Å²) in [5.74, 6) is -0.372. The van der Waals surface area contributed by atoms with Gasteiger partial charge in [0.1, 0.15) is 5.70 Å². The molecule has 16 heavy (non-hydrogen) atoms. The molecule has 3 nitrogen and oxygen atoms in total. The van der Waals surface area contributed by atoms with E-state index in [1.54, 1.807) is 13.0 Å². The molecule has 0 aromatic heterocycles. The fourth-order valence-electron chi connectivity index (χ4n) is 1.60. The molecule has 0 saturated heterocycles. The van der Waals surface area contributed by atoms with Crippen LogP contribution in [0.15, 0.2) is 33.2 Å². The van der Waals surface area contributed by atoms with Gasteiger partial charge in [-0.25, -0.2) is 10.1 Å². The van der Waals surface area contributed by atoms with Crippen LogP contribution in [0.2, 0.25) is 0 Å². The number of allylic oxidation sites excluding steroid dienone is 1. The van der Waals surface area contributed by atoms with Gasteiger partial charge in [0.05, 0.1) is 12.0 Å². The van der Waals surface area contributed by atoms with Crippen molar-refractivity contribution in [2.75, 3.05) is 6.61 Å². The fraction of sp³-hybridized carbons (Fsp3) is 0.250. The van der Waals surface area contributed by atoms with Crippen molar-refractivity contribution in [1.82, 2.24) is 0 Å². The number of nitrogens with zero attached hydrogens (tertiary/aromatic N) is 1. The third-order valence-electron chi connectivity index (χ3n) is 2.25. The largest absolute Gasteiger partial charge is 0.461 e. The van der Waals surface area contributed by atoms with Gasteiger partial charge in [0.15, 0.2) is 0 Å². The second-order valence-electron chi connectivity index (χ2n) is 3.55. The summed E-state index contributed by atoms with van der Waals surface area (Å²) < 4.78 is 5.81. The molecule has 2 rings (SSSR count). The van der Waals surface area contributed by atoms with Crippen molar-refractivity contribution in [3.05, 3.63) is 44.4 Å². The minimum atomic E-state index is -0.372. The first-order valence-electron chi connectivity index (χ1n) is 5.02. The maximum Gasteiger partial charge on any atom is 0.356 e. The molecule has 4 heteroatoms. The molecule has 0 aliphatic carbocycles.